The fraction of sp³-hybridized carbons (Fsp3) is 0.933. The predicted molar refractivity (Wildman–Crippen MR) is 101 cm³/mol. The normalized spacial score (nSPS) is 20.1. The molecule has 1 fully saturated rings. The Morgan fingerprint density at radius 2 is 2.13 bits per heavy atom. The van der Waals surface area contributed by atoms with E-state index in [0.717, 1.165) is 31.3 Å². The lowest BCUT2D eigenvalue weighted by atomic mass is 10.1. The van der Waals surface area contributed by atoms with Gasteiger partial charge in [-0.3, -0.25) is 4.99 Å². The van der Waals surface area contributed by atoms with E-state index in [2.05, 4.69) is 40.7 Å². The van der Waals surface area contributed by atoms with Crippen LogP contribution in [0.3, 0.4) is 0 Å². The zero-order chi connectivity index (χ0) is 17.3. The van der Waals surface area contributed by atoms with Crippen LogP contribution in [-0.2, 0) is 10.0 Å². The molecular weight excluding hydrogens is 332 g/mol. The standard InChI is InChI=1S/C15H32N4O2S2/c1-5-16-15(17-8-7-9-18-23(20,21)6-2)19-10-11-22-14(12-19)13(3)4/h13-14,18H,5-12H2,1-4H3,(H,16,17). The van der Waals surface area contributed by atoms with Gasteiger partial charge in [-0.1, -0.05) is 13.8 Å². The number of rotatable bonds is 8. The van der Waals surface area contributed by atoms with Crippen LogP contribution < -0.4 is 10.0 Å². The Balaban J connectivity index is 2.49. The molecule has 2 N–H and O–H groups in total. The van der Waals surface area contributed by atoms with Gasteiger partial charge in [-0.05, 0) is 26.2 Å². The summed E-state index contributed by atoms with van der Waals surface area (Å²) in [7, 11) is -3.09. The Morgan fingerprint density at radius 3 is 2.74 bits per heavy atom. The predicted octanol–water partition coefficient (Wildman–Crippen LogP) is 1.35. The third-order valence-electron chi connectivity index (χ3n) is 3.77. The lowest BCUT2D eigenvalue weighted by Crippen LogP contribution is -2.49. The van der Waals surface area contributed by atoms with E-state index in [4.69, 9.17) is 0 Å². The number of sulfonamides is 1. The second-order valence-corrected chi connectivity index (χ2v) is 9.43. The summed E-state index contributed by atoms with van der Waals surface area (Å²) in [6, 6.07) is 0. The van der Waals surface area contributed by atoms with E-state index in [1.165, 1.54) is 0 Å². The van der Waals surface area contributed by atoms with Crippen LogP contribution in [0.2, 0.25) is 0 Å². The molecule has 1 aliphatic heterocycles. The van der Waals surface area contributed by atoms with E-state index in [1.807, 2.05) is 11.8 Å². The summed E-state index contributed by atoms with van der Waals surface area (Å²) in [5.74, 6) is 2.87. The highest BCUT2D eigenvalue weighted by Crippen LogP contribution is 2.24. The van der Waals surface area contributed by atoms with Gasteiger partial charge >= 0.3 is 0 Å². The van der Waals surface area contributed by atoms with Gasteiger partial charge in [-0.15, -0.1) is 0 Å². The maximum absolute atomic E-state index is 11.4. The van der Waals surface area contributed by atoms with Crippen molar-refractivity contribution in [1.82, 2.24) is 14.9 Å². The van der Waals surface area contributed by atoms with E-state index >= 15 is 0 Å². The van der Waals surface area contributed by atoms with Crippen LogP contribution in [0.15, 0.2) is 4.99 Å². The van der Waals surface area contributed by atoms with Crippen LogP contribution in [0.4, 0.5) is 0 Å². The minimum Gasteiger partial charge on any atom is -0.357 e. The van der Waals surface area contributed by atoms with Crippen LogP contribution in [-0.4, -0.2) is 68.8 Å². The molecule has 0 bridgehead atoms. The van der Waals surface area contributed by atoms with Crippen LogP contribution >= 0.6 is 11.8 Å². The van der Waals surface area contributed by atoms with E-state index in [9.17, 15) is 8.42 Å². The van der Waals surface area contributed by atoms with Gasteiger partial charge < -0.3 is 10.2 Å². The molecule has 8 heteroatoms. The lowest BCUT2D eigenvalue weighted by molar-refractivity contribution is 0.381. The smallest absolute Gasteiger partial charge is 0.211 e. The second-order valence-electron chi connectivity index (χ2n) is 5.99. The van der Waals surface area contributed by atoms with Crippen molar-refractivity contribution in [3.63, 3.8) is 0 Å². The summed E-state index contributed by atoms with van der Waals surface area (Å²) in [6.45, 7) is 12.2. The molecule has 0 saturated carbocycles. The number of hydrogen-bond donors (Lipinski definition) is 2. The summed E-state index contributed by atoms with van der Waals surface area (Å²) in [5.41, 5.74) is 0. The quantitative estimate of drug-likeness (QED) is 0.386. The first kappa shape index (κ1) is 20.6. The fourth-order valence-electron chi connectivity index (χ4n) is 2.29. The van der Waals surface area contributed by atoms with Crippen molar-refractivity contribution in [1.29, 1.82) is 0 Å². The highest BCUT2D eigenvalue weighted by Gasteiger charge is 2.24. The molecular formula is C15H32N4O2S2. The number of hydrogen-bond acceptors (Lipinski definition) is 4. The summed E-state index contributed by atoms with van der Waals surface area (Å²) >= 11 is 2.05. The Bertz CT molecular complexity index is 466. The van der Waals surface area contributed by atoms with Crippen molar-refractivity contribution in [2.24, 2.45) is 10.9 Å². The third kappa shape index (κ3) is 7.76. The first-order valence-corrected chi connectivity index (χ1v) is 11.2. The molecule has 0 aliphatic carbocycles. The van der Waals surface area contributed by atoms with Gasteiger partial charge in [-0.25, -0.2) is 13.1 Å². The Kier molecular flexibility index (Phi) is 9.31. The summed E-state index contributed by atoms with van der Waals surface area (Å²) < 4.78 is 25.3. The van der Waals surface area contributed by atoms with Crippen LogP contribution in [0.1, 0.15) is 34.1 Å². The van der Waals surface area contributed by atoms with Gasteiger partial charge in [-0.2, -0.15) is 11.8 Å². The maximum Gasteiger partial charge on any atom is 0.211 e. The monoisotopic (exact) mass is 364 g/mol. The minimum atomic E-state index is -3.09. The van der Waals surface area contributed by atoms with Crippen molar-refractivity contribution in [3.8, 4) is 0 Å². The Labute approximate surface area is 145 Å². The number of nitrogens with zero attached hydrogens (tertiary/aromatic N) is 2. The van der Waals surface area contributed by atoms with Crippen LogP contribution in [0.25, 0.3) is 0 Å². The molecule has 23 heavy (non-hydrogen) atoms. The summed E-state index contributed by atoms with van der Waals surface area (Å²) in [5, 5.41) is 4.00. The number of nitrogens with one attached hydrogen (secondary N) is 2. The fourth-order valence-corrected chi connectivity index (χ4v) is 4.25. The molecule has 0 aromatic carbocycles. The average Bonchev–Trinajstić information content (AvgIpc) is 2.53. The van der Waals surface area contributed by atoms with Gasteiger partial charge in [0.2, 0.25) is 10.0 Å². The molecule has 1 unspecified atom stereocenters. The molecule has 136 valence electrons. The van der Waals surface area contributed by atoms with Gasteiger partial charge in [0.1, 0.15) is 0 Å². The number of thioether (sulfide) groups is 1. The van der Waals surface area contributed by atoms with Crippen molar-refractivity contribution >= 4 is 27.7 Å². The van der Waals surface area contributed by atoms with Gasteiger partial charge in [0.05, 0.1) is 5.75 Å². The molecule has 1 rings (SSSR count). The molecule has 0 spiro atoms. The van der Waals surface area contributed by atoms with Crippen LogP contribution in [0.5, 0.6) is 0 Å². The molecule has 0 aromatic rings. The van der Waals surface area contributed by atoms with Gasteiger partial charge in [0.25, 0.3) is 0 Å². The Hall–Kier alpha value is -0.470. The SMILES string of the molecule is CCNC(=NCCCNS(=O)(=O)CC)N1CCSC(C(C)C)C1. The minimum absolute atomic E-state index is 0.126. The zero-order valence-corrected chi connectivity index (χ0v) is 16.5. The summed E-state index contributed by atoms with van der Waals surface area (Å²) in [4.78, 5) is 7.00. The topological polar surface area (TPSA) is 73.8 Å². The maximum atomic E-state index is 11.4. The van der Waals surface area contributed by atoms with Gasteiger partial charge in [0.15, 0.2) is 5.96 Å². The highest BCUT2D eigenvalue weighted by molar-refractivity contribution is 8.00. The molecule has 0 radical (unpaired) electrons. The molecule has 1 atom stereocenters. The molecule has 6 nitrogen and oxygen atoms in total. The first-order chi connectivity index (χ1) is 10.9. The van der Waals surface area contributed by atoms with Crippen molar-refractivity contribution in [2.45, 2.75) is 39.4 Å². The third-order valence-corrected chi connectivity index (χ3v) is 6.71. The highest BCUT2D eigenvalue weighted by atomic mass is 32.2. The zero-order valence-electron chi connectivity index (χ0n) is 14.8. The van der Waals surface area contributed by atoms with E-state index < -0.39 is 10.0 Å². The largest absolute Gasteiger partial charge is 0.357 e. The van der Waals surface area contributed by atoms with Crippen molar-refractivity contribution in [3.05, 3.63) is 0 Å². The van der Waals surface area contributed by atoms with E-state index in [-0.39, 0.29) is 5.75 Å². The average molecular weight is 365 g/mol. The lowest BCUT2D eigenvalue weighted by Gasteiger charge is -2.36. The van der Waals surface area contributed by atoms with E-state index in [0.29, 0.717) is 30.7 Å². The molecule has 1 heterocycles. The van der Waals surface area contributed by atoms with Gasteiger partial charge in [0, 0.05) is 43.7 Å². The summed E-state index contributed by atoms with van der Waals surface area (Å²) in [6.07, 6.45) is 0.713. The van der Waals surface area contributed by atoms with Crippen molar-refractivity contribution < 1.29 is 8.42 Å². The Morgan fingerprint density at radius 1 is 1.39 bits per heavy atom. The van der Waals surface area contributed by atoms with Crippen LogP contribution in [0, 0.1) is 5.92 Å². The van der Waals surface area contributed by atoms with Crippen molar-refractivity contribution in [2.75, 3.05) is 44.2 Å². The first-order valence-electron chi connectivity index (χ1n) is 8.51. The molecule has 1 saturated heterocycles. The molecule has 0 amide bonds. The second kappa shape index (κ2) is 10.4. The molecule has 0 aromatic heterocycles. The van der Waals surface area contributed by atoms with E-state index in [1.54, 1.807) is 6.92 Å². The number of guanidine groups is 1. The molecule has 1 aliphatic rings. The number of aliphatic imine (C=N–C) groups is 1.